The van der Waals surface area contributed by atoms with E-state index < -0.39 is 5.41 Å². The average Bonchev–Trinajstić information content (AvgIpc) is 3.22. The van der Waals surface area contributed by atoms with Crippen LogP contribution in [0, 0.1) is 5.41 Å². The van der Waals surface area contributed by atoms with Crippen LogP contribution in [-0.4, -0.2) is 38.9 Å². The van der Waals surface area contributed by atoms with Gasteiger partial charge in [0.25, 0.3) is 0 Å². The van der Waals surface area contributed by atoms with Crippen molar-refractivity contribution >= 4 is 39.4 Å². The summed E-state index contributed by atoms with van der Waals surface area (Å²) < 4.78 is 4.67. The van der Waals surface area contributed by atoms with Crippen LogP contribution in [-0.2, 0) is 14.3 Å². The number of hydrogen-bond acceptors (Lipinski definition) is 7. The zero-order valence-corrected chi connectivity index (χ0v) is 15.5. The number of esters is 1. The second kappa shape index (κ2) is 7.20. The number of carbonyl (C=O) groups excluding carboxylic acids is 2. The lowest BCUT2D eigenvalue weighted by atomic mass is 9.85. The van der Waals surface area contributed by atoms with Crippen LogP contribution in [0.2, 0.25) is 0 Å². The van der Waals surface area contributed by atoms with Crippen molar-refractivity contribution in [1.82, 2.24) is 19.9 Å². The summed E-state index contributed by atoms with van der Waals surface area (Å²) in [5, 5.41) is 5.98. The van der Waals surface area contributed by atoms with Crippen LogP contribution in [0.4, 0.5) is 5.13 Å². The highest BCUT2D eigenvalue weighted by Gasteiger charge is 2.26. The molecule has 8 nitrogen and oxygen atoms in total. The van der Waals surface area contributed by atoms with Gasteiger partial charge >= 0.3 is 5.97 Å². The van der Waals surface area contributed by atoms with Crippen LogP contribution in [0.25, 0.3) is 22.4 Å². The molecule has 138 valence electrons. The van der Waals surface area contributed by atoms with E-state index in [9.17, 15) is 9.59 Å². The standard InChI is InChI=1S/C17H19N5O3S.H2/c1-17(2,7-13(24)25-3)6-12(23)22-16-21-11(8-26-16)14-10-4-5-18-15(10)20-9-19-14;/h4-5,8-9H,6-7H2,1-3H3,(H,18,19,20)(H,21,22,23);1H. The Bertz CT molecular complexity index is 953. The van der Waals surface area contributed by atoms with E-state index in [0.29, 0.717) is 16.5 Å². The van der Waals surface area contributed by atoms with Gasteiger partial charge in [-0.15, -0.1) is 11.3 Å². The van der Waals surface area contributed by atoms with Crippen molar-refractivity contribution in [2.75, 3.05) is 12.4 Å². The Kier molecular flexibility index (Phi) is 4.99. The first kappa shape index (κ1) is 18.0. The molecule has 0 aliphatic carbocycles. The average molecular weight is 375 g/mol. The fourth-order valence-electron chi connectivity index (χ4n) is 2.64. The minimum Gasteiger partial charge on any atom is -0.469 e. The monoisotopic (exact) mass is 375 g/mol. The fourth-order valence-corrected chi connectivity index (χ4v) is 3.35. The smallest absolute Gasteiger partial charge is 0.306 e. The molecule has 0 unspecified atom stereocenters. The topological polar surface area (TPSA) is 110 Å². The first-order valence-corrected chi connectivity index (χ1v) is 8.86. The summed E-state index contributed by atoms with van der Waals surface area (Å²) in [6.45, 7) is 3.70. The summed E-state index contributed by atoms with van der Waals surface area (Å²) in [6.07, 6.45) is 3.63. The van der Waals surface area contributed by atoms with E-state index in [1.807, 2.05) is 25.3 Å². The van der Waals surface area contributed by atoms with Crippen molar-refractivity contribution in [3.8, 4) is 11.4 Å². The van der Waals surface area contributed by atoms with Crippen LogP contribution >= 0.6 is 11.3 Å². The molecule has 3 aromatic heterocycles. The van der Waals surface area contributed by atoms with Crippen LogP contribution in [0.3, 0.4) is 0 Å². The van der Waals surface area contributed by atoms with Gasteiger partial charge in [-0.1, -0.05) is 13.8 Å². The lowest BCUT2D eigenvalue weighted by Crippen LogP contribution is -2.25. The van der Waals surface area contributed by atoms with Crippen LogP contribution in [0.5, 0.6) is 0 Å². The zero-order valence-electron chi connectivity index (χ0n) is 14.7. The second-order valence-corrected chi connectivity index (χ2v) is 7.50. The highest BCUT2D eigenvalue weighted by molar-refractivity contribution is 7.14. The fraction of sp³-hybridized carbons (Fsp3) is 0.353. The Morgan fingerprint density at radius 1 is 1.35 bits per heavy atom. The SMILES string of the molecule is COC(=O)CC(C)(C)CC(=O)Nc1nc(-c2ncnc3[nH]ccc23)cs1.[HH]. The lowest BCUT2D eigenvalue weighted by molar-refractivity contribution is -0.143. The van der Waals surface area contributed by atoms with Crippen molar-refractivity contribution in [1.29, 1.82) is 0 Å². The number of carbonyl (C=O) groups is 2. The molecule has 0 atom stereocenters. The normalized spacial score (nSPS) is 11.5. The third-order valence-electron chi connectivity index (χ3n) is 3.84. The Balaban J connectivity index is 0.00000261. The van der Waals surface area contributed by atoms with Gasteiger partial charge in [-0.05, 0) is 11.5 Å². The molecule has 0 bridgehead atoms. The molecule has 0 aliphatic rings. The summed E-state index contributed by atoms with van der Waals surface area (Å²) in [6, 6.07) is 1.89. The van der Waals surface area contributed by atoms with E-state index in [4.69, 9.17) is 0 Å². The number of methoxy groups -OCH3 is 1. The molecule has 0 spiro atoms. The first-order chi connectivity index (χ1) is 12.4. The third kappa shape index (κ3) is 4.05. The van der Waals surface area contributed by atoms with E-state index >= 15 is 0 Å². The number of anilines is 1. The van der Waals surface area contributed by atoms with Crippen molar-refractivity contribution in [3.63, 3.8) is 0 Å². The number of aromatic amines is 1. The van der Waals surface area contributed by atoms with Gasteiger partial charge in [0.1, 0.15) is 23.4 Å². The molecule has 0 saturated carbocycles. The highest BCUT2D eigenvalue weighted by Crippen LogP contribution is 2.29. The van der Waals surface area contributed by atoms with Crippen LogP contribution < -0.4 is 5.32 Å². The molecular weight excluding hydrogens is 354 g/mol. The van der Waals surface area contributed by atoms with Gasteiger partial charge in [-0.3, -0.25) is 9.59 Å². The van der Waals surface area contributed by atoms with E-state index in [2.05, 4.69) is 30.0 Å². The zero-order chi connectivity index (χ0) is 18.7. The van der Waals surface area contributed by atoms with Gasteiger partial charge < -0.3 is 15.0 Å². The van der Waals surface area contributed by atoms with E-state index in [-0.39, 0.29) is 26.1 Å². The first-order valence-electron chi connectivity index (χ1n) is 7.98. The summed E-state index contributed by atoms with van der Waals surface area (Å²) in [5.41, 5.74) is 1.62. The molecule has 0 aromatic carbocycles. The molecule has 3 rings (SSSR count). The maximum Gasteiger partial charge on any atom is 0.306 e. The van der Waals surface area contributed by atoms with Crippen molar-refractivity contribution in [3.05, 3.63) is 24.0 Å². The summed E-state index contributed by atoms with van der Waals surface area (Å²) >= 11 is 1.32. The molecule has 26 heavy (non-hydrogen) atoms. The number of aromatic nitrogens is 4. The van der Waals surface area contributed by atoms with E-state index in [0.717, 1.165) is 11.0 Å². The summed E-state index contributed by atoms with van der Waals surface area (Å²) in [5.74, 6) is -0.534. The number of thiazole rings is 1. The van der Waals surface area contributed by atoms with E-state index in [1.54, 1.807) is 6.20 Å². The predicted molar refractivity (Wildman–Crippen MR) is 101 cm³/mol. The Hall–Kier alpha value is -2.81. The summed E-state index contributed by atoms with van der Waals surface area (Å²) in [7, 11) is 1.34. The number of H-pyrrole nitrogens is 1. The molecule has 3 aromatic rings. The van der Waals surface area contributed by atoms with Gasteiger partial charge in [0, 0.05) is 24.8 Å². The van der Waals surface area contributed by atoms with Crippen LogP contribution in [0.1, 0.15) is 28.1 Å². The maximum absolute atomic E-state index is 12.3. The van der Waals surface area contributed by atoms with Gasteiger partial charge in [0.05, 0.1) is 13.5 Å². The van der Waals surface area contributed by atoms with Crippen molar-refractivity contribution in [2.24, 2.45) is 5.41 Å². The number of rotatable bonds is 6. The third-order valence-corrected chi connectivity index (χ3v) is 4.59. The van der Waals surface area contributed by atoms with Crippen molar-refractivity contribution in [2.45, 2.75) is 26.7 Å². The number of nitrogens with zero attached hydrogens (tertiary/aromatic N) is 3. The lowest BCUT2D eigenvalue weighted by Gasteiger charge is -2.21. The van der Waals surface area contributed by atoms with Gasteiger partial charge in [-0.2, -0.15) is 0 Å². The Labute approximate surface area is 155 Å². The number of amides is 1. The molecule has 2 N–H and O–H groups in total. The molecule has 0 aliphatic heterocycles. The molecule has 9 heteroatoms. The number of hydrogen-bond donors (Lipinski definition) is 2. The molecule has 1 amide bonds. The second-order valence-electron chi connectivity index (χ2n) is 6.64. The molecule has 3 heterocycles. The molecule has 0 saturated heterocycles. The van der Waals surface area contributed by atoms with Gasteiger partial charge in [0.15, 0.2) is 5.13 Å². The van der Waals surface area contributed by atoms with Crippen molar-refractivity contribution < 1.29 is 15.8 Å². The molecule has 0 fully saturated rings. The Morgan fingerprint density at radius 2 is 2.15 bits per heavy atom. The largest absolute Gasteiger partial charge is 0.469 e. The predicted octanol–water partition coefficient (Wildman–Crippen LogP) is 3.25. The number of ether oxygens (including phenoxy) is 1. The number of nitrogens with one attached hydrogen (secondary N) is 2. The summed E-state index contributed by atoms with van der Waals surface area (Å²) in [4.78, 5) is 39.6. The molecular formula is C17H21N5O3S. The van der Waals surface area contributed by atoms with Gasteiger partial charge in [0.2, 0.25) is 5.91 Å². The Morgan fingerprint density at radius 3 is 2.92 bits per heavy atom. The van der Waals surface area contributed by atoms with E-state index in [1.165, 1.54) is 24.8 Å². The van der Waals surface area contributed by atoms with Crippen LogP contribution in [0.15, 0.2) is 24.0 Å². The minimum atomic E-state index is -0.499. The van der Waals surface area contributed by atoms with Gasteiger partial charge in [-0.25, -0.2) is 15.0 Å². The number of fused-ring (bicyclic) bond motifs is 1. The minimum absolute atomic E-state index is 0. The highest BCUT2D eigenvalue weighted by atomic mass is 32.1. The molecule has 0 radical (unpaired) electrons. The maximum atomic E-state index is 12.3. The quantitative estimate of drug-likeness (QED) is 0.640.